The number of morpholine rings is 2. The van der Waals surface area contributed by atoms with Crippen LogP contribution >= 0.6 is 0 Å². The minimum absolute atomic E-state index is 0.0237. The summed E-state index contributed by atoms with van der Waals surface area (Å²) in [4.78, 5) is 92.7. The third-order valence-corrected chi connectivity index (χ3v) is 17.2. The number of ether oxygens (including phenoxy) is 10. The number of hydrogen-bond donors (Lipinski definition) is 2. The average molecular weight is 1430 g/mol. The van der Waals surface area contributed by atoms with Crippen LogP contribution in [-0.4, -0.2) is 155 Å². The highest BCUT2D eigenvalue weighted by Gasteiger charge is 2.29. The molecule has 4 aromatic heterocycles. The molecule has 2 fully saturated rings. The molecule has 30 heteroatoms. The molecule has 0 unspecified atom stereocenters. The number of fused-ring (bicyclic) bond motifs is 6. The number of hydrogen-bond acceptors (Lipinski definition) is 20. The zero-order valence-corrected chi connectivity index (χ0v) is 56.6. The van der Waals surface area contributed by atoms with E-state index in [1.807, 2.05) is 0 Å². The van der Waals surface area contributed by atoms with Crippen molar-refractivity contribution in [1.29, 1.82) is 0 Å². The molecule has 6 aromatic carbocycles. The molecule has 10 aromatic rings. The lowest BCUT2D eigenvalue weighted by atomic mass is 10.1. The van der Waals surface area contributed by atoms with Gasteiger partial charge in [-0.15, -0.1) is 0 Å². The van der Waals surface area contributed by atoms with Crippen molar-refractivity contribution in [3.8, 4) is 68.9 Å². The minimum Gasteiger partial charge on any atom is -0.489 e. The molecule has 0 saturated carbocycles. The van der Waals surface area contributed by atoms with E-state index in [1.165, 1.54) is 72.5 Å². The van der Waals surface area contributed by atoms with Crippen molar-refractivity contribution in [2.75, 3.05) is 116 Å². The van der Waals surface area contributed by atoms with Crippen molar-refractivity contribution in [3.63, 3.8) is 0 Å². The maximum Gasteiger partial charge on any atom is 0.335 e. The van der Waals surface area contributed by atoms with Gasteiger partial charge in [-0.05, 0) is 112 Å². The van der Waals surface area contributed by atoms with Gasteiger partial charge in [-0.3, -0.25) is 43.5 Å². The maximum atomic E-state index is 15.6. The van der Waals surface area contributed by atoms with E-state index in [0.29, 0.717) is 82.7 Å². The van der Waals surface area contributed by atoms with Gasteiger partial charge in [0.25, 0.3) is 22.9 Å². The highest BCUT2D eigenvalue weighted by molar-refractivity contribution is 6.05. The molecule has 2 amide bonds. The number of benzene rings is 6. The minimum atomic E-state index is -0.928. The van der Waals surface area contributed by atoms with E-state index < -0.39 is 69.2 Å². The number of nitrogens with zero attached hydrogens (tertiary/aromatic N) is 8. The molecule has 4 aliphatic heterocycles. The molecule has 4 aliphatic rings. The van der Waals surface area contributed by atoms with Crippen LogP contribution < -0.4 is 71.0 Å². The summed E-state index contributed by atoms with van der Waals surface area (Å²) < 4.78 is 121. The Morgan fingerprint density at radius 2 is 0.904 bits per heavy atom. The van der Waals surface area contributed by atoms with Crippen molar-refractivity contribution < 1.29 is 74.5 Å². The van der Waals surface area contributed by atoms with Gasteiger partial charge in [-0.25, -0.2) is 36.3 Å². The molecule has 0 spiro atoms. The first-order valence-corrected chi connectivity index (χ1v) is 33.5. The Labute approximate surface area is 589 Å². The molecular formula is C74H70F4N10O16. The monoisotopic (exact) mass is 1430 g/mol. The Morgan fingerprint density at radius 1 is 0.490 bits per heavy atom. The second-order valence-electron chi connectivity index (χ2n) is 24.6. The van der Waals surface area contributed by atoms with Gasteiger partial charge in [0.2, 0.25) is 11.5 Å². The smallest absolute Gasteiger partial charge is 0.335 e. The number of pyridine rings is 2. The van der Waals surface area contributed by atoms with E-state index >= 15 is 8.78 Å². The molecule has 0 aliphatic carbocycles. The molecule has 14 rings (SSSR count). The maximum absolute atomic E-state index is 15.6. The van der Waals surface area contributed by atoms with E-state index in [4.69, 9.17) is 47.4 Å². The standard InChI is InChI=1S/C38H37F2N5O8.C36H33F2N5O8/c1-23(2)44-22-27(37(47)45(38(44)48)26-7-4-24(39)5-8-26)36(46)42-25-6-9-30(28(40)20-25)53-31-10-11-41-29-21-32(34-35(33(29)31)52-19-18-51-34)50-15-3-12-43-13-16-49-17-14-43;1-41-21-25(35(45)43(36(41)46)24-6-3-22(37)4-7-24)34(44)40-23-5-8-28(26(38)19-23)51-29-9-10-39-27-20-30(32-33(31(27)29)50-18-17-49-32)48-14-2-11-42-12-15-47-16-13-42/h4-11,20-23H,3,12-19H2,1-2H3,(H,42,46);3-10,19-21H,2,11-18H2,1H3,(H,40,44). The van der Waals surface area contributed by atoms with Crippen LogP contribution in [0.2, 0.25) is 0 Å². The quantitative estimate of drug-likeness (QED) is 0.0500. The molecular weight excluding hydrogens is 1360 g/mol. The lowest BCUT2D eigenvalue weighted by molar-refractivity contribution is 0.0356. The van der Waals surface area contributed by atoms with E-state index in [2.05, 4.69) is 30.4 Å². The van der Waals surface area contributed by atoms with Gasteiger partial charge in [-0.2, -0.15) is 0 Å². The largest absolute Gasteiger partial charge is 0.489 e. The lowest BCUT2D eigenvalue weighted by Gasteiger charge is -2.26. The molecule has 0 bridgehead atoms. The second-order valence-corrected chi connectivity index (χ2v) is 24.6. The van der Waals surface area contributed by atoms with E-state index in [9.17, 15) is 37.5 Å². The number of anilines is 2. The first kappa shape index (κ1) is 70.8. The summed E-state index contributed by atoms with van der Waals surface area (Å²) in [5.74, 6) is -1.77. The van der Waals surface area contributed by atoms with Crippen molar-refractivity contribution >= 4 is 45.0 Å². The van der Waals surface area contributed by atoms with Crippen molar-refractivity contribution in [2.24, 2.45) is 7.05 Å². The molecule has 0 atom stereocenters. The van der Waals surface area contributed by atoms with Crippen LogP contribution in [0.15, 0.2) is 153 Å². The number of nitrogens with one attached hydrogen (secondary N) is 2. The van der Waals surface area contributed by atoms with Gasteiger partial charge in [0.15, 0.2) is 46.1 Å². The normalized spacial score (nSPS) is 14.3. The number of carbonyl (C=O) groups is 2. The predicted molar refractivity (Wildman–Crippen MR) is 373 cm³/mol. The lowest BCUT2D eigenvalue weighted by Crippen LogP contribution is -2.42. The van der Waals surface area contributed by atoms with Crippen molar-refractivity contribution in [2.45, 2.75) is 32.7 Å². The summed E-state index contributed by atoms with van der Waals surface area (Å²) in [6.07, 6.45) is 6.89. The van der Waals surface area contributed by atoms with Gasteiger partial charge < -0.3 is 62.6 Å². The fourth-order valence-corrected chi connectivity index (χ4v) is 12.0. The van der Waals surface area contributed by atoms with Gasteiger partial charge in [0.05, 0.1) is 72.8 Å². The summed E-state index contributed by atoms with van der Waals surface area (Å²) in [6, 6.07) is 23.2. The van der Waals surface area contributed by atoms with Crippen LogP contribution in [-0.2, 0) is 16.5 Å². The highest BCUT2D eigenvalue weighted by atomic mass is 19.1. The van der Waals surface area contributed by atoms with Crippen LogP contribution in [0.5, 0.6) is 57.5 Å². The summed E-state index contributed by atoms with van der Waals surface area (Å²) in [7, 11) is 1.36. The summed E-state index contributed by atoms with van der Waals surface area (Å²) in [5, 5.41) is 5.96. The second kappa shape index (κ2) is 31.7. The number of rotatable bonds is 21. The summed E-state index contributed by atoms with van der Waals surface area (Å²) in [6.45, 7) is 13.8. The zero-order valence-electron chi connectivity index (χ0n) is 56.6. The van der Waals surface area contributed by atoms with Gasteiger partial charge in [-0.1, -0.05) is 0 Å². The summed E-state index contributed by atoms with van der Waals surface area (Å²) in [5.41, 5.74) is -2.85. The molecule has 8 heterocycles. The molecule has 104 heavy (non-hydrogen) atoms. The number of halogens is 4. The van der Waals surface area contributed by atoms with Crippen LogP contribution in [0.4, 0.5) is 28.9 Å². The van der Waals surface area contributed by atoms with Crippen molar-refractivity contribution in [3.05, 3.63) is 210 Å². The van der Waals surface area contributed by atoms with Crippen molar-refractivity contribution in [1.82, 2.24) is 38.0 Å². The predicted octanol–water partition coefficient (Wildman–Crippen LogP) is 9.60. The van der Waals surface area contributed by atoms with E-state index in [0.717, 1.165) is 141 Å². The SMILES string of the molecule is CC(C)n1cc(C(=O)Nc2ccc(Oc3ccnc4cc(OCCCN5CCOCC5)c5c(c34)OCCO5)c(F)c2)c(=O)n(-c2ccc(F)cc2)c1=O.Cn1cc(C(=O)Nc2ccc(Oc3ccnc4cc(OCCCN5CCOCC5)c5c(c34)OCCO5)c(F)c2)c(=O)n(-c2ccc(F)cc2)c1=O. The molecule has 540 valence electrons. The fourth-order valence-electron chi connectivity index (χ4n) is 12.0. The summed E-state index contributed by atoms with van der Waals surface area (Å²) >= 11 is 0. The van der Waals surface area contributed by atoms with Gasteiger partial charge in [0.1, 0.15) is 60.7 Å². The van der Waals surface area contributed by atoms with Crippen LogP contribution in [0, 0.1) is 23.3 Å². The number of aryl methyl sites for hydroxylation is 1. The fraction of sp³-hybridized carbons (Fsp3) is 0.297. The first-order valence-electron chi connectivity index (χ1n) is 33.5. The topological polar surface area (TPSA) is 271 Å². The number of aromatic nitrogens is 6. The molecule has 2 saturated heterocycles. The van der Waals surface area contributed by atoms with E-state index in [-0.39, 0.29) is 64.5 Å². The molecule has 26 nitrogen and oxygen atoms in total. The highest BCUT2D eigenvalue weighted by Crippen LogP contribution is 2.50. The van der Waals surface area contributed by atoms with Crippen LogP contribution in [0.25, 0.3) is 33.2 Å². The number of carbonyl (C=O) groups excluding carboxylic acids is 2. The van der Waals surface area contributed by atoms with Crippen LogP contribution in [0.3, 0.4) is 0 Å². The number of amides is 2. The van der Waals surface area contributed by atoms with Gasteiger partial charge >= 0.3 is 11.4 Å². The Balaban J connectivity index is 0.000000185. The Bertz CT molecular complexity index is 5120. The molecule has 0 radical (unpaired) electrons. The third-order valence-electron chi connectivity index (χ3n) is 17.2. The van der Waals surface area contributed by atoms with E-state index in [1.54, 1.807) is 38.1 Å². The zero-order chi connectivity index (χ0) is 72.5. The molecule has 2 N–H and O–H groups in total. The Morgan fingerprint density at radius 3 is 1.33 bits per heavy atom. The third kappa shape index (κ3) is 15.7. The Kier molecular flexibility index (Phi) is 21.6. The van der Waals surface area contributed by atoms with Crippen LogP contribution in [0.1, 0.15) is 53.4 Å². The Hall–Kier alpha value is -11.6. The first-order chi connectivity index (χ1) is 50.4. The average Bonchev–Trinajstić information content (AvgIpc) is 0.773. The van der Waals surface area contributed by atoms with Gasteiger partial charge in [0, 0.05) is 113 Å².